The summed E-state index contributed by atoms with van der Waals surface area (Å²) in [6, 6.07) is 8.94. The molecule has 3 aromatic rings. The Balaban J connectivity index is 1.85. The standard InChI is InChI=1S/C23H27NOS2/c1-6-9-24-22-14-17-13-20-16(12-21(17)27-22)11-18(26-20)10-15(2)19(25)7-8-23(3,4)5/h7-8,10-14,24H,6,9H2,1-5H3/b8-7-,15-10+. The molecule has 0 fully saturated rings. The molecule has 27 heavy (non-hydrogen) atoms. The Kier molecular flexibility index (Phi) is 5.87. The zero-order chi connectivity index (χ0) is 19.6. The van der Waals surface area contributed by atoms with Crippen molar-refractivity contribution in [2.75, 3.05) is 11.9 Å². The van der Waals surface area contributed by atoms with Gasteiger partial charge in [-0.15, -0.1) is 22.7 Å². The number of thiophene rings is 2. The molecule has 142 valence electrons. The van der Waals surface area contributed by atoms with Gasteiger partial charge in [-0.2, -0.15) is 0 Å². The van der Waals surface area contributed by atoms with Gasteiger partial charge < -0.3 is 5.32 Å². The van der Waals surface area contributed by atoms with Crippen LogP contribution in [0.1, 0.15) is 45.9 Å². The van der Waals surface area contributed by atoms with E-state index in [9.17, 15) is 4.79 Å². The predicted octanol–water partition coefficient (Wildman–Crippen LogP) is 7.51. The molecular formula is C23H27NOS2. The maximum atomic E-state index is 12.3. The van der Waals surface area contributed by atoms with E-state index in [4.69, 9.17) is 0 Å². The fourth-order valence-corrected chi connectivity index (χ4v) is 4.86. The van der Waals surface area contributed by atoms with Crippen LogP contribution in [0.25, 0.3) is 26.2 Å². The first-order valence-electron chi connectivity index (χ1n) is 9.38. The average Bonchev–Trinajstić information content (AvgIpc) is 3.16. The Labute approximate surface area is 169 Å². The van der Waals surface area contributed by atoms with Crippen LogP contribution in [0.2, 0.25) is 0 Å². The van der Waals surface area contributed by atoms with Crippen molar-refractivity contribution in [2.45, 2.75) is 41.0 Å². The van der Waals surface area contributed by atoms with E-state index in [-0.39, 0.29) is 11.2 Å². The highest BCUT2D eigenvalue weighted by atomic mass is 32.1. The van der Waals surface area contributed by atoms with Crippen LogP contribution >= 0.6 is 22.7 Å². The zero-order valence-corrected chi connectivity index (χ0v) is 18.3. The van der Waals surface area contributed by atoms with Gasteiger partial charge in [0.25, 0.3) is 0 Å². The van der Waals surface area contributed by atoms with E-state index in [2.05, 4.69) is 57.3 Å². The molecule has 0 bridgehead atoms. The lowest BCUT2D eigenvalue weighted by Crippen LogP contribution is -2.02. The van der Waals surface area contributed by atoms with Crippen molar-refractivity contribution in [3.05, 3.63) is 46.9 Å². The third kappa shape index (κ3) is 5.08. The largest absolute Gasteiger partial charge is 0.377 e. The Hall–Kier alpha value is -1.91. The molecule has 0 atom stereocenters. The van der Waals surface area contributed by atoms with Gasteiger partial charge in [-0.3, -0.25) is 4.79 Å². The van der Waals surface area contributed by atoms with Crippen LogP contribution < -0.4 is 5.32 Å². The molecule has 2 nitrogen and oxygen atoms in total. The van der Waals surface area contributed by atoms with Gasteiger partial charge in [0.1, 0.15) is 0 Å². The summed E-state index contributed by atoms with van der Waals surface area (Å²) in [5.41, 5.74) is 0.791. The second kappa shape index (κ2) is 7.99. The molecule has 2 aromatic heterocycles. The summed E-state index contributed by atoms with van der Waals surface area (Å²) in [7, 11) is 0. The van der Waals surface area contributed by atoms with Crippen molar-refractivity contribution < 1.29 is 4.79 Å². The summed E-state index contributed by atoms with van der Waals surface area (Å²) in [5, 5.41) is 7.23. The zero-order valence-electron chi connectivity index (χ0n) is 16.7. The van der Waals surface area contributed by atoms with Gasteiger partial charge in [0.15, 0.2) is 5.78 Å². The molecule has 0 spiro atoms. The smallest absolute Gasteiger partial charge is 0.181 e. The molecule has 0 amide bonds. The number of carbonyl (C=O) groups excluding carboxylic acids is 1. The number of rotatable bonds is 6. The lowest BCUT2D eigenvalue weighted by molar-refractivity contribution is -0.111. The minimum Gasteiger partial charge on any atom is -0.377 e. The number of nitrogens with one attached hydrogen (secondary N) is 1. The van der Waals surface area contributed by atoms with Gasteiger partial charge in [-0.1, -0.05) is 33.8 Å². The van der Waals surface area contributed by atoms with Gasteiger partial charge in [0.2, 0.25) is 0 Å². The fourth-order valence-electron chi connectivity index (χ4n) is 2.74. The molecule has 0 aliphatic heterocycles. The van der Waals surface area contributed by atoms with E-state index < -0.39 is 0 Å². The third-order valence-electron chi connectivity index (χ3n) is 4.21. The van der Waals surface area contributed by atoms with Crippen LogP contribution in [0.15, 0.2) is 42.0 Å². The molecule has 1 N–H and O–H groups in total. The molecule has 0 saturated heterocycles. The van der Waals surface area contributed by atoms with Crippen molar-refractivity contribution in [3.63, 3.8) is 0 Å². The minimum atomic E-state index is 0.0180. The Morgan fingerprint density at radius 1 is 1.07 bits per heavy atom. The SMILES string of the molecule is CCCNc1cc2cc3sc(/C=C(\C)C(=O)/C=C\C(C)(C)C)cc3cc2s1. The number of ketones is 1. The van der Waals surface area contributed by atoms with Gasteiger partial charge >= 0.3 is 0 Å². The maximum absolute atomic E-state index is 12.3. The van der Waals surface area contributed by atoms with Crippen LogP contribution in [0.3, 0.4) is 0 Å². The third-order valence-corrected chi connectivity index (χ3v) is 6.31. The molecule has 2 heterocycles. The van der Waals surface area contributed by atoms with Gasteiger partial charge in [-0.25, -0.2) is 0 Å². The Morgan fingerprint density at radius 3 is 2.41 bits per heavy atom. The first kappa shape index (κ1) is 19.8. The minimum absolute atomic E-state index is 0.0180. The van der Waals surface area contributed by atoms with Crippen molar-refractivity contribution in [2.24, 2.45) is 5.41 Å². The second-order valence-corrected chi connectivity index (χ2v) is 10.2. The van der Waals surface area contributed by atoms with Crippen LogP contribution in [0.4, 0.5) is 5.00 Å². The number of allylic oxidation sites excluding steroid dienone is 3. The topological polar surface area (TPSA) is 29.1 Å². The molecule has 3 rings (SSSR count). The van der Waals surface area contributed by atoms with Crippen molar-refractivity contribution >= 4 is 59.7 Å². The fraction of sp³-hybridized carbons (Fsp3) is 0.348. The molecular weight excluding hydrogens is 370 g/mol. The molecule has 0 aliphatic rings. The van der Waals surface area contributed by atoms with E-state index in [1.807, 2.05) is 19.1 Å². The van der Waals surface area contributed by atoms with Gasteiger partial charge in [0.05, 0.1) is 5.00 Å². The predicted molar refractivity (Wildman–Crippen MR) is 123 cm³/mol. The lowest BCUT2D eigenvalue weighted by atomic mass is 9.95. The highest BCUT2D eigenvalue weighted by molar-refractivity contribution is 7.23. The maximum Gasteiger partial charge on any atom is 0.181 e. The number of hydrogen-bond donors (Lipinski definition) is 1. The second-order valence-electron chi connectivity index (χ2n) is 8.01. The Bertz CT molecular complexity index is 977. The molecule has 0 radical (unpaired) electrons. The van der Waals surface area contributed by atoms with Crippen LogP contribution in [0, 0.1) is 5.41 Å². The number of benzene rings is 1. The van der Waals surface area contributed by atoms with Gasteiger partial charge in [0, 0.05) is 20.8 Å². The monoisotopic (exact) mass is 397 g/mol. The van der Waals surface area contributed by atoms with Crippen LogP contribution in [-0.4, -0.2) is 12.3 Å². The summed E-state index contributed by atoms with van der Waals surface area (Å²) >= 11 is 3.54. The molecule has 0 unspecified atom stereocenters. The Morgan fingerprint density at radius 2 is 1.74 bits per heavy atom. The number of anilines is 1. The molecule has 1 aromatic carbocycles. The van der Waals surface area contributed by atoms with E-state index in [0.717, 1.165) is 23.4 Å². The van der Waals surface area contributed by atoms with Gasteiger partial charge in [-0.05, 0) is 71.5 Å². The summed E-state index contributed by atoms with van der Waals surface area (Å²) in [6.07, 6.45) is 6.79. The van der Waals surface area contributed by atoms with E-state index >= 15 is 0 Å². The summed E-state index contributed by atoms with van der Waals surface area (Å²) in [5.74, 6) is 0.0787. The van der Waals surface area contributed by atoms with Crippen LogP contribution in [0.5, 0.6) is 0 Å². The first-order valence-corrected chi connectivity index (χ1v) is 11.0. The summed E-state index contributed by atoms with van der Waals surface area (Å²) in [6.45, 7) is 11.4. The van der Waals surface area contributed by atoms with Crippen molar-refractivity contribution in [1.82, 2.24) is 0 Å². The van der Waals surface area contributed by atoms with E-state index in [1.165, 1.54) is 25.2 Å². The first-order chi connectivity index (χ1) is 12.7. The van der Waals surface area contributed by atoms with E-state index in [0.29, 0.717) is 0 Å². The number of carbonyl (C=O) groups is 1. The van der Waals surface area contributed by atoms with Crippen LogP contribution in [-0.2, 0) is 4.79 Å². The van der Waals surface area contributed by atoms with Crippen molar-refractivity contribution in [1.29, 1.82) is 0 Å². The molecule has 0 aliphatic carbocycles. The summed E-state index contributed by atoms with van der Waals surface area (Å²) < 4.78 is 2.56. The molecule has 0 saturated carbocycles. The highest BCUT2D eigenvalue weighted by Gasteiger charge is 2.09. The normalized spacial score (nSPS) is 13.1. The quantitative estimate of drug-likeness (QED) is 0.436. The van der Waals surface area contributed by atoms with E-state index in [1.54, 1.807) is 28.7 Å². The number of fused-ring (bicyclic) bond motifs is 2. The van der Waals surface area contributed by atoms with Crippen molar-refractivity contribution in [3.8, 4) is 0 Å². The molecule has 4 heteroatoms. The highest BCUT2D eigenvalue weighted by Crippen LogP contribution is 2.36. The summed E-state index contributed by atoms with van der Waals surface area (Å²) in [4.78, 5) is 13.5. The average molecular weight is 398 g/mol. The lowest BCUT2D eigenvalue weighted by Gasteiger charge is -2.10. The number of hydrogen-bond acceptors (Lipinski definition) is 4.